The molecule has 1 N–H and O–H groups in total. The number of benzene rings is 2. The number of carbonyl (C=O) groups excluding carboxylic acids is 3. The molecule has 0 spiro atoms. The van der Waals surface area contributed by atoms with Gasteiger partial charge in [0, 0.05) is 24.0 Å². The van der Waals surface area contributed by atoms with Gasteiger partial charge in [0.2, 0.25) is 5.91 Å². The maximum absolute atomic E-state index is 13.2. The van der Waals surface area contributed by atoms with Crippen LogP contribution in [0.15, 0.2) is 72.8 Å². The van der Waals surface area contributed by atoms with Crippen LogP contribution in [0.1, 0.15) is 53.3 Å². The molecule has 1 unspecified atom stereocenters. The Bertz CT molecular complexity index is 913. The van der Waals surface area contributed by atoms with Gasteiger partial charge in [0.1, 0.15) is 0 Å². The van der Waals surface area contributed by atoms with Gasteiger partial charge in [-0.2, -0.15) is 0 Å². The Labute approximate surface area is 193 Å². The fraction of sp³-hybridized carbons (Fsp3) is 0.346. The smallest absolute Gasteiger partial charge is 0.267 e. The van der Waals surface area contributed by atoms with Crippen LogP contribution in [0.4, 0.5) is 0 Å². The molecule has 7 nitrogen and oxygen atoms in total. The Balaban J connectivity index is 1.78. The third-order valence-corrected chi connectivity index (χ3v) is 5.28. The molecule has 1 fully saturated rings. The summed E-state index contributed by atoms with van der Waals surface area (Å²) < 4.78 is 11.5. The van der Waals surface area contributed by atoms with Crippen molar-refractivity contribution in [2.75, 3.05) is 13.2 Å². The van der Waals surface area contributed by atoms with E-state index < -0.39 is 29.6 Å². The molecule has 0 aliphatic carbocycles. The minimum Gasteiger partial charge on any atom is -0.393 e. The molecule has 1 saturated heterocycles. The van der Waals surface area contributed by atoms with Crippen LogP contribution in [0.25, 0.3) is 0 Å². The molecular formula is C26H29NO6. The molecule has 0 aromatic heterocycles. The van der Waals surface area contributed by atoms with Gasteiger partial charge in [-0.05, 0) is 50.1 Å². The summed E-state index contributed by atoms with van der Waals surface area (Å²) >= 11 is 0. The van der Waals surface area contributed by atoms with E-state index in [0.29, 0.717) is 31.0 Å². The van der Waals surface area contributed by atoms with Gasteiger partial charge in [-0.3, -0.25) is 14.4 Å². The summed E-state index contributed by atoms with van der Waals surface area (Å²) in [5.41, 5.74) is 0.493. The van der Waals surface area contributed by atoms with Gasteiger partial charge in [-0.15, -0.1) is 0 Å². The van der Waals surface area contributed by atoms with Crippen molar-refractivity contribution in [2.24, 2.45) is 0 Å². The topological polar surface area (TPSA) is 93.1 Å². The summed E-state index contributed by atoms with van der Waals surface area (Å²) in [7, 11) is 0. The van der Waals surface area contributed by atoms with Crippen LogP contribution in [-0.2, 0) is 14.3 Å². The van der Waals surface area contributed by atoms with Crippen molar-refractivity contribution in [3.63, 3.8) is 0 Å². The van der Waals surface area contributed by atoms with Crippen molar-refractivity contribution in [2.45, 2.75) is 44.5 Å². The Hall–Kier alpha value is -3.13. The number of aliphatic hydroxyl groups is 1. The number of carbonyl (C=O) groups is 3. The standard InChI is InChI=1S/C26H29NO6/c1-20(28)10-8-9-16-26(32-18-19-33-26)17-15-23(29)27(24(30)21-11-4-2-5-12-21)25(31)22-13-6-3-7-14-22/h2-7,9,11-14,16,20,28H,8,10,15,17-19H2,1H3/b16-9+. The highest BCUT2D eigenvalue weighted by Gasteiger charge is 2.37. The summed E-state index contributed by atoms with van der Waals surface area (Å²) in [4.78, 5) is 40.2. The van der Waals surface area contributed by atoms with Gasteiger partial charge < -0.3 is 14.6 Å². The Morgan fingerprint density at radius 3 is 1.97 bits per heavy atom. The third kappa shape index (κ3) is 6.68. The second kappa shape index (κ2) is 11.7. The van der Waals surface area contributed by atoms with Gasteiger partial charge in [0.25, 0.3) is 11.8 Å². The molecule has 0 saturated carbocycles. The molecule has 3 amide bonds. The van der Waals surface area contributed by atoms with E-state index >= 15 is 0 Å². The summed E-state index contributed by atoms with van der Waals surface area (Å²) in [5.74, 6) is -3.08. The molecule has 0 bridgehead atoms. The number of hydrogen-bond acceptors (Lipinski definition) is 6. The van der Waals surface area contributed by atoms with Crippen molar-refractivity contribution >= 4 is 17.7 Å². The second-order valence-corrected chi connectivity index (χ2v) is 7.91. The highest BCUT2D eigenvalue weighted by molar-refractivity contribution is 6.20. The quantitative estimate of drug-likeness (QED) is 0.461. The molecular weight excluding hydrogens is 422 g/mol. The zero-order chi connectivity index (χ0) is 23.7. The Morgan fingerprint density at radius 2 is 1.48 bits per heavy atom. The lowest BCUT2D eigenvalue weighted by Gasteiger charge is -2.25. The molecule has 33 heavy (non-hydrogen) atoms. The largest absolute Gasteiger partial charge is 0.393 e. The minimum absolute atomic E-state index is 0.127. The number of amides is 3. The Kier molecular flexibility index (Phi) is 8.65. The van der Waals surface area contributed by atoms with E-state index in [4.69, 9.17) is 9.47 Å². The molecule has 1 aliphatic rings. The zero-order valence-corrected chi connectivity index (χ0v) is 18.7. The molecule has 174 valence electrons. The maximum atomic E-state index is 13.2. The van der Waals surface area contributed by atoms with Crippen molar-refractivity contribution < 1.29 is 29.0 Å². The van der Waals surface area contributed by atoms with E-state index in [0.717, 1.165) is 0 Å². The third-order valence-electron chi connectivity index (χ3n) is 5.28. The first-order valence-corrected chi connectivity index (χ1v) is 11.1. The number of imide groups is 3. The number of hydrogen-bond donors (Lipinski definition) is 1. The molecule has 3 rings (SSSR count). The summed E-state index contributed by atoms with van der Waals surface area (Å²) in [6, 6.07) is 16.5. The average molecular weight is 452 g/mol. The van der Waals surface area contributed by atoms with Crippen LogP contribution >= 0.6 is 0 Å². The van der Waals surface area contributed by atoms with Crippen LogP contribution < -0.4 is 0 Å². The van der Waals surface area contributed by atoms with Crippen LogP contribution in [0.5, 0.6) is 0 Å². The first kappa shape index (κ1) is 24.5. The number of rotatable bonds is 9. The van der Waals surface area contributed by atoms with Crippen LogP contribution in [0.2, 0.25) is 0 Å². The van der Waals surface area contributed by atoms with E-state index in [1.54, 1.807) is 73.7 Å². The van der Waals surface area contributed by atoms with E-state index in [1.807, 2.05) is 6.08 Å². The van der Waals surface area contributed by atoms with E-state index in [2.05, 4.69) is 0 Å². The van der Waals surface area contributed by atoms with Crippen LogP contribution in [0.3, 0.4) is 0 Å². The van der Waals surface area contributed by atoms with Crippen LogP contribution in [-0.4, -0.2) is 52.8 Å². The van der Waals surface area contributed by atoms with Crippen LogP contribution in [0, 0.1) is 0 Å². The lowest BCUT2D eigenvalue weighted by atomic mass is 10.1. The second-order valence-electron chi connectivity index (χ2n) is 7.91. The van der Waals surface area contributed by atoms with E-state index in [1.165, 1.54) is 0 Å². The van der Waals surface area contributed by atoms with Crippen molar-refractivity contribution in [3.05, 3.63) is 83.9 Å². The summed E-state index contributed by atoms with van der Waals surface area (Å²) in [6.07, 6.45) is 4.43. The van der Waals surface area contributed by atoms with Crippen molar-refractivity contribution in [3.8, 4) is 0 Å². The fourth-order valence-electron chi connectivity index (χ4n) is 3.53. The predicted molar refractivity (Wildman–Crippen MR) is 122 cm³/mol. The fourth-order valence-corrected chi connectivity index (χ4v) is 3.53. The normalized spacial score (nSPS) is 15.9. The minimum atomic E-state index is -1.09. The molecule has 1 aliphatic heterocycles. The maximum Gasteiger partial charge on any atom is 0.267 e. The van der Waals surface area contributed by atoms with Crippen molar-refractivity contribution in [1.29, 1.82) is 0 Å². The molecule has 2 aromatic rings. The van der Waals surface area contributed by atoms with Gasteiger partial charge in [-0.25, -0.2) is 4.90 Å². The lowest BCUT2D eigenvalue weighted by Crippen LogP contribution is -2.43. The monoisotopic (exact) mass is 451 g/mol. The molecule has 1 atom stereocenters. The Morgan fingerprint density at radius 1 is 0.970 bits per heavy atom. The molecule has 1 heterocycles. The van der Waals surface area contributed by atoms with Gasteiger partial charge >= 0.3 is 0 Å². The number of nitrogens with zero attached hydrogens (tertiary/aromatic N) is 1. The SMILES string of the molecule is CC(O)CC/C=C/C1(CCC(=O)N(C(=O)c2ccccc2)C(=O)c2ccccc2)OCCO1. The van der Waals surface area contributed by atoms with Crippen molar-refractivity contribution in [1.82, 2.24) is 4.90 Å². The predicted octanol–water partition coefficient (Wildman–Crippen LogP) is 3.74. The number of allylic oxidation sites excluding steroid dienone is 1. The molecule has 0 radical (unpaired) electrons. The average Bonchev–Trinajstić information content (AvgIpc) is 3.30. The molecule has 2 aromatic carbocycles. The van der Waals surface area contributed by atoms with Gasteiger partial charge in [0.15, 0.2) is 5.79 Å². The number of ether oxygens (including phenoxy) is 2. The van der Waals surface area contributed by atoms with E-state index in [9.17, 15) is 19.5 Å². The first-order chi connectivity index (χ1) is 15.9. The summed E-state index contributed by atoms with van der Waals surface area (Å²) in [6.45, 7) is 2.47. The van der Waals surface area contributed by atoms with E-state index in [-0.39, 0.29) is 24.0 Å². The highest BCUT2D eigenvalue weighted by Crippen LogP contribution is 2.28. The number of aliphatic hydroxyl groups excluding tert-OH is 1. The van der Waals surface area contributed by atoms with Gasteiger partial charge in [0.05, 0.1) is 19.3 Å². The summed E-state index contributed by atoms with van der Waals surface area (Å²) in [5, 5.41) is 9.43. The molecule has 7 heteroatoms. The van der Waals surface area contributed by atoms with Gasteiger partial charge in [-0.1, -0.05) is 42.5 Å². The highest BCUT2D eigenvalue weighted by atomic mass is 16.7. The zero-order valence-electron chi connectivity index (χ0n) is 18.7. The lowest BCUT2D eigenvalue weighted by molar-refractivity contribution is -0.138. The first-order valence-electron chi connectivity index (χ1n) is 11.1.